The minimum absolute atomic E-state index is 0.110. The van der Waals surface area contributed by atoms with Gasteiger partial charge in [-0.3, -0.25) is 0 Å². The maximum absolute atomic E-state index is 5.73. The van der Waals surface area contributed by atoms with Crippen molar-refractivity contribution in [2.45, 2.75) is 46.2 Å². The van der Waals surface area contributed by atoms with Gasteiger partial charge in [-0.25, -0.2) is 0 Å². The van der Waals surface area contributed by atoms with Gasteiger partial charge in [0.15, 0.2) is 11.5 Å². The van der Waals surface area contributed by atoms with Gasteiger partial charge in [-0.05, 0) is 39.3 Å². The van der Waals surface area contributed by atoms with E-state index in [9.17, 15) is 0 Å². The van der Waals surface area contributed by atoms with Gasteiger partial charge in [0.2, 0.25) is 0 Å². The van der Waals surface area contributed by atoms with E-state index >= 15 is 0 Å². The smallest absolute Gasteiger partial charge is 0.165 e. The Morgan fingerprint density at radius 2 is 1.95 bits per heavy atom. The number of ether oxygens (including phenoxy) is 2. The van der Waals surface area contributed by atoms with E-state index in [1.54, 1.807) is 7.11 Å². The summed E-state index contributed by atoms with van der Waals surface area (Å²) in [5.41, 5.74) is 1.22. The van der Waals surface area contributed by atoms with Crippen LogP contribution in [0.3, 0.4) is 0 Å². The van der Waals surface area contributed by atoms with Crippen LogP contribution in [-0.4, -0.2) is 19.3 Å². The monoisotopic (exact) mass is 329 g/mol. The Bertz CT molecular complexity index is 419. The molecule has 108 valence electrons. The van der Waals surface area contributed by atoms with E-state index in [0.29, 0.717) is 6.61 Å². The van der Waals surface area contributed by atoms with Crippen molar-refractivity contribution in [3.8, 4) is 11.5 Å². The lowest BCUT2D eigenvalue weighted by Crippen LogP contribution is -2.37. The molecule has 0 saturated heterocycles. The van der Waals surface area contributed by atoms with Crippen molar-refractivity contribution in [2.75, 3.05) is 13.7 Å². The Kier molecular flexibility index (Phi) is 6.14. The molecule has 1 N–H and O–H groups in total. The fourth-order valence-electron chi connectivity index (χ4n) is 1.67. The van der Waals surface area contributed by atoms with Crippen LogP contribution in [0.15, 0.2) is 16.6 Å². The van der Waals surface area contributed by atoms with Gasteiger partial charge in [0, 0.05) is 22.1 Å². The minimum Gasteiger partial charge on any atom is -0.493 e. The molecule has 1 rings (SSSR count). The van der Waals surface area contributed by atoms with Crippen LogP contribution in [0.25, 0.3) is 0 Å². The molecule has 1 aromatic rings. The summed E-state index contributed by atoms with van der Waals surface area (Å²) < 4.78 is 12.1. The van der Waals surface area contributed by atoms with Gasteiger partial charge in [0.05, 0.1) is 13.7 Å². The van der Waals surface area contributed by atoms with Crippen LogP contribution in [0.4, 0.5) is 0 Å². The average molecular weight is 330 g/mol. The zero-order valence-corrected chi connectivity index (χ0v) is 14.1. The molecule has 0 spiro atoms. The fourth-order valence-corrected chi connectivity index (χ4v) is 2.16. The van der Waals surface area contributed by atoms with E-state index in [4.69, 9.17) is 9.47 Å². The van der Waals surface area contributed by atoms with Crippen molar-refractivity contribution >= 4 is 15.9 Å². The maximum Gasteiger partial charge on any atom is 0.165 e. The minimum atomic E-state index is 0.110. The summed E-state index contributed by atoms with van der Waals surface area (Å²) in [4.78, 5) is 0. The van der Waals surface area contributed by atoms with Crippen LogP contribution in [0.1, 0.15) is 39.7 Å². The number of nitrogens with one attached hydrogen (secondary N) is 1. The molecule has 0 amide bonds. The molecule has 19 heavy (non-hydrogen) atoms. The highest BCUT2D eigenvalue weighted by Gasteiger charge is 2.17. The number of methoxy groups -OCH3 is 1. The third kappa shape index (κ3) is 4.69. The summed E-state index contributed by atoms with van der Waals surface area (Å²) in [6.45, 7) is 9.94. The zero-order chi connectivity index (χ0) is 14.5. The normalized spacial score (nSPS) is 11.5. The molecule has 0 saturated carbocycles. The van der Waals surface area contributed by atoms with E-state index in [0.717, 1.165) is 34.5 Å². The average Bonchev–Trinajstić information content (AvgIpc) is 2.38. The fraction of sp³-hybridized carbons (Fsp3) is 0.600. The Balaban J connectivity index is 3.00. The van der Waals surface area contributed by atoms with E-state index < -0.39 is 0 Å². The SMILES string of the molecule is CCOc1c(CNC(C)(C)CC)cc(Br)cc1OC. The summed E-state index contributed by atoms with van der Waals surface area (Å²) in [6.07, 6.45) is 1.07. The maximum atomic E-state index is 5.73. The van der Waals surface area contributed by atoms with Crippen LogP contribution < -0.4 is 14.8 Å². The number of hydrogen-bond donors (Lipinski definition) is 1. The highest BCUT2D eigenvalue weighted by molar-refractivity contribution is 9.10. The first-order valence-electron chi connectivity index (χ1n) is 6.67. The molecule has 0 bridgehead atoms. The predicted molar refractivity (Wildman–Crippen MR) is 83.1 cm³/mol. The highest BCUT2D eigenvalue weighted by Crippen LogP contribution is 2.35. The largest absolute Gasteiger partial charge is 0.493 e. The molecule has 4 heteroatoms. The standard InChI is InChI=1S/C15H24BrNO2/c1-6-15(3,4)17-10-11-8-12(16)9-13(18-5)14(11)19-7-2/h8-9,17H,6-7,10H2,1-5H3. The lowest BCUT2D eigenvalue weighted by Gasteiger charge is -2.25. The molecule has 0 aliphatic heterocycles. The Morgan fingerprint density at radius 1 is 1.26 bits per heavy atom. The number of rotatable bonds is 7. The van der Waals surface area contributed by atoms with Crippen molar-refractivity contribution < 1.29 is 9.47 Å². The molecule has 0 aromatic heterocycles. The van der Waals surface area contributed by atoms with Crippen molar-refractivity contribution in [3.63, 3.8) is 0 Å². The Labute approximate surface area is 124 Å². The van der Waals surface area contributed by atoms with Gasteiger partial charge in [-0.2, -0.15) is 0 Å². The molecule has 0 aliphatic rings. The quantitative estimate of drug-likeness (QED) is 0.815. The van der Waals surface area contributed by atoms with Gasteiger partial charge in [-0.15, -0.1) is 0 Å². The van der Waals surface area contributed by atoms with Gasteiger partial charge in [0.25, 0.3) is 0 Å². The molecule has 0 aliphatic carbocycles. The first-order chi connectivity index (χ1) is 8.93. The van der Waals surface area contributed by atoms with E-state index in [1.807, 2.05) is 13.0 Å². The number of halogens is 1. The first-order valence-corrected chi connectivity index (χ1v) is 7.47. The summed E-state index contributed by atoms with van der Waals surface area (Å²) in [5, 5.41) is 3.55. The molecule has 0 radical (unpaired) electrons. The van der Waals surface area contributed by atoms with Crippen LogP contribution in [-0.2, 0) is 6.54 Å². The molecule has 0 heterocycles. The van der Waals surface area contributed by atoms with Gasteiger partial charge >= 0.3 is 0 Å². The second-order valence-corrected chi connectivity index (χ2v) is 6.04. The Hall–Kier alpha value is -0.740. The first kappa shape index (κ1) is 16.3. The molecular formula is C15H24BrNO2. The zero-order valence-electron chi connectivity index (χ0n) is 12.5. The summed E-state index contributed by atoms with van der Waals surface area (Å²) in [5.74, 6) is 1.59. The van der Waals surface area contributed by atoms with Crippen molar-refractivity contribution in [1.82, 2.24) is 5.32 Å². The molecule has 3 nitrogen and oxygen atoms in total. The van der Waals surface area contributed by atoms with Crippen LogP contribution in [0, 0.1) is 0 Å². The van der Waals surface area contributed by atoms with Crippen LogP contribution in [0.5, 0.6) is 11.5 Å². The Morgan fingerprint density at radius 3 is 2.47 bits per heavy atom. The highest BCUT2D eigenvalue weighted by atomic mass is 79.9. The van der Waals surface area contributed by atoms with Crippen LogP contribution in [0.2, 0.25) is 0 Å². The van der Waals surface area contributed by atoms with E-state index in [-0.39, 0.29) is 5.54 Å². The number of hydrogen-bond acceptors (Lipinski definition) is 3. The third-order valence-corrected chi connectivity index (χ3v) is 3.70. The molecule has 0 atom stereocenters. The number of benzene rings is 1. The lowest BCUT2D eigenvalue weighted by atomic mass is 10.0. The van der Waals surface area contributed by atoms with Crippen molar-refractivity contribution in [3.05, 3.63) is 22.2 Å². The van der Waals surface area contributed by atoms with Gasteiger partial charge in [0.1, 0.15) is 0 Å². The van der Waals surface area contributed by atoms with Gasteiger partial charge in [-0.1, -0.05) is 22.9 Å². The molecule has 0 fully saturated rings. The lowest BCUT2D eigenvalue weighted by molar-refractivity contribution is 0.302. The van der Waals surface area contributed by atoms with Crippen molar-refractivity contribution in [1.29, 1.82) is 0 Å². The summed E-state index contributed by atoms with van der Waals surface area (Å²) in [7, 11) is 1.66. The topological polar surface area (TPSA) is 30.5 Å². The second kappa shape index (κ2) is 7.15. The van der Waals surface area contributed by atoms with E-state index in [2.05, 4.69) is 48.1 Å². The second-order valence-electron chi connectivity index (χ2n) is 5.12. The molecule has 1 aromatic carbocycles. The molecular weight excluding hydrogens is 306 g/mol. The predicted octanol–water partition coefficient (Wildman–Crippen LogP) is 4.13. The summed E-state index contributed by atoms with van der Waals surface area (Å²) in [6, 6.07) is 4.01. The summed E-state index contributed by atoms with van der Waals surface area (Å²) >= 11 is 3.51. The molecule has 0 unspecified atom stereocenters. The third-order valence-electron chi connectivity index (χ3n) is 3.25. The van der Waals surface area contributed by atoms with E-state index in [1.165, 1.54) is 0 Å². The van der Waals surface area contributed by atoms with Crippen molar-refractivity contribution in [2.24, 2.45) is 0 Å². The van der Waals surface area contributed by atoms with Crippen LogP contribution >= 0.6 is 15.9 Å². The van der Waals surface area contributed by atoms with Gasteiger partial charge < -0.3 is 14.8 Å².